The first-order chi connectivity index (χ1) is 15.3. The largest absolute Gasteiger partial charge is 0.493 e. The molecule has 4 rings (SSSR count). The molecule has 7 nitrogen and oxygen atoms in total. The van der Waals surface area contributed by atoms with Gasteiger partial charge in [0.05, 0.1) is 32.6 Å². The van der Waals surface area contributed by atoms with Crippen LogP contribution in [0.1, 0.15) is 5.69 Å². The van der Waals surface area contributed by atoms with E-state index in [1.165, 1.54) is 33.5 Å². The van der Waals surface area contributed by atoms with E-state index in [0.29, 0.717) is 27.3 Å². The summed E-state index contributed by atoms with van der Waals surface area (Å²) < 4.78 is 58.0. The Kier molecular flexibility index (Phi) is 5.29. The van der Waals surface area contributed by atoms with E-state index in [-0.39, 0.29) is 22.5 Å². The first-order valence-electron chi connectivity index (χ1n) is 9.37. The second-order valence-electron chi connectivity index (χ2n) is 6.78. The number of H-pyrrole nitrogens is 1. The van der Waals surface area contributed by atoms with Crippen molar-refractivity contribution in [2.75, 3.05) is 21.3 Å². The number of aromatic nitrogens is 3. The summed E-state index contributed by atoms with van der Waals surface area (Å²) in [7, 11) is 4.32. The molecule has 0 bridgehead atoms. The highest BCUT2D eigenvalue weighted by atomic mass is 19.4. The monoisotopic (exact) mass is 445 g/mol. The van der Waals surface area contributed by atoms with E-state index in [9.17, 15) is 18.0 Å². The molecule has 4 aromatic rings. The molecule has 0 unspecified atom stereocenters. The summed E-state index contributed by atoms with van der Waals surface area (Å²) in [6, 6.07) is 12.3. The van der Waals surface area contributed by atoms with Gasteiger partial charge >= 0.3 is 6.18 Å². The standard InChI is InChI=1S/C22H18F3N3O4/c1-30-15-9-13(10-16(31-2)19(15)32-3)14-11-17(29)28-21(26-14)18(12-7-5-4-6-8-12)20(27-28)22(23,24)25/h4-11,26H,1-3H3. The van der Waals surface area contributed by atoms with Gasteiger partial charge in [-0.05, 0) is 17.7 Å². The Morgan fingerprint density at radius 1 is 0.906 bits per heavy atom. The third-order valence-corrected chi connectivity index (χ3v) is 4.92. The first-order valence-corrected chi connectivity index (χ1v) is 9.37. The Bertz CT molecular complexity index is 1320. The van der Waals surface area contributed by atoms with Gasteiger partial charge in [0.1, 0.15) is 5.65 Å². The van der Waals surface area contributed by atoms with Crippen LogP contribution in [0, 0.1) is 0 Å². The molecule has 0 fully saturated rings. The number of methoxy groups -OCH3 is 3. The van der Waals surface area contributed by atoms with Crippen LogP contribution < -0.4 is 19.8 Å². The van der Waals surface area contributed by atoms with E-state index < -0.39 is 17.4 Å². The normalized spacial score (nSPS) is 11.6. The number of ether oxygens (including phenoxy) is 3. The minimum atomic E-state index is -4.76. The minimum absolute atomic E-state index is 0.0835. The Hall–Kier alpha value is -3.95. The average Bonchev–Trinajstić information content (AvgIpc) is 3.19. The van der Waals surface area contributed by atoms with Crippen molar-refractivity contribution in [1.82, 2.24) is 14.6 Å². The predicted molar refractivity (Wildman–Crippen MR) is 111 cm³/mol. The SMILES string of the molecule is COc1cc(-c2cc(=O)n3nc(C(F)(F)F)c(-c4ccccc4)c3[nH]2)cc(OC)c1OC. The lowest BCUT2D eigenvalue weighted by Gasteiger charge is -2.14. The molecule has 10 heteroatoms. The summed E-state index contributed by atoms with van der Waals surface area (Å²) >= 11 is 0. The van der Waals surface area contributed by atoms with Crippen LogP contribution in [-0.4, -0.2) is 35.9 Å². The highest BCUT2D eigenvalue weighted by Gasteiger charge is 2.39. The molecule has 0 saturated carbocycles. The van der Waals surface area contributed by atoms with Crippen molar-refractivity contribution in [1.29, 1.82) is 0 Å². The van der Waals surface area contributed by atoms with Crippen LogP contribution in [0.15, 0.2) is 53.3 Å². The van der Waals surface area contributed by atoms with Gasteiger partial charge in [0.15, 0.2) is 17.2 Å². The Balaban J connectivity index is 2.04. The molecular weight excluding hydrogens is 427 g/mol. The molecule has 0 amide bonds. The number of rotatable bonds is 5. The molecule has 0 aliphatic rings. The Morgan fingerprint density at radius 2 is 1.53 bits per heavy atom. The maximum absolute atomic E-state index is 13.8. The molecule has 2 aromatic heterocycles. The number of halogens is 3. The van der Waals surface area contributed by atoms with Gasteiger partial charge in [0, 0.05) is 11.6 Å². The topological polar surface area (TPSA) is 77.9 Å². The fraction of sp³-hybridized carbons (Fsp3) is 0.182. The summed E-state index contributed by atoms with van der Waals surface area (Å²) in [5.41, 5.74) is -1.20. The molecule has 2 aromatic carbocycles. The predicted octanol–water partition coefficient (Wildman–Crippen LogP) is 4.40. The molecule has 1 N–H and O–H groups in total. The van der Waals surface area contributed by atoms with Gasteiger partial charge in [-0.15, -0.1) is 0 Å². The summed E-state index contributed by atoms with van der Waals surface area (Å²) in [4.78, 5) is 15.7. The lowest BCUT2D eigenvalue weighted by atomic mass is 10.1. The minimum Gasteiger partial charge on any atom is -0.493 e. The zero-order valence-electron chi connectivity index (χ0n) is 17.3. The average molecular weight is 445 g/mol. The lowest BCUT2D eigenvalue weighted by Crippen LogP contribution is -2.15. The van der Waals surface area contributed by atoms with Crippen LogP contribution in [0.5, 0.6) is 17.2 Å². The number of nitrogens with zero attached hydrogens (tertiary/aromatic N) is 2. The maximum Gasteiger partial charge on any atom is 0.435 e. The van der Waals surface area contributed by atoms with Crippen LogP contribution in [0.4, 0.5) is 13.2 Å². The summed E-state index contributed by atoms with van der Waals surface area (Å²) in [6.07, 6.45) is -4.76. The molecule has 0 atom stereocenters. The van der Waals surface area contributed by atoms with Crippen LogP contribution in [0.2, 0.25) is 0 Å². The van der Waals surface area contributed by atoms with E-state index in [2.05, 4.69) is 10.1 Å². The summed E-state index contributed by atoms with van der Waals surface area (Å²) in [6.45, 7) is 0. The third kappa shape index (κ3) is 3.53. The van der Waals surface area contributed by atoms with Gasteiger partial charge < -0.3 is 19.2 Å². The first kappa shape index (κ1) is 21.3. The van der Waals surface area contributed by atoms with Crippen molar-refractivity contribution >= 4 is 5.65 Å². The fourth-order valence-electron chi connectivity index (χ4n) is 3.51. The Labute approximate surface area is 180 Å². The van der Waals surface area contributed by atoms with Crippen LogP contribution in [0.25, 0.3) is 28.0 Å². The van der Waals surface area contributed by atoms with Crippen LogP contribution in [-0.2, 0) is 6.18 Å². The summed E-state index contributed by atoms with van der Waals surface area (Å²) in [5.74, 6) is 1.00. The number of hydrogen-bond donors (Lipinski definition) is 1. The van der Waals surface area contributed by atoms with Gasteiger partial charge in [-0.25, -0.2) is 0 Å². The van der Waals surface area contributed by atoms with E-state index in [1.54, 1.807) is 30.3 Å². The van der Waals surface area contributed by atoms with Gasteiger partial charge in [0.2, 0.25) is 5.75 Å². The zero-order chi connectivity index (χ0) is 23.0. The van der Waals surface area contributed by atoms with Crippen molar-refractivity contribution < 1.29 is 27.4 Å². The van der Waals surface area contributed by atoms with Gasteiger partial charge in [-0.2, -0.15) is 22.8 Å². The zero-order valence-corrected chi connectivity index (χ0v) is 17.3. The lowest BCUT2D eigenvalue weighted by molar-refractivity contribution is -0.140. The quantitative estimate of drug-likeness (QED) is 0.493. The molecule has 0 radical (unpaired) electrons. The molecule has 32 heavy (non-hydrogen) atoms. The highest BCUT2D eigenvalue weighted by molar-refractivity contribution is 5.82. The van der Waals surface area contributed by atoms with E-state index in [4.69, 9.17) is 14.2 Å². The number of hydrogen-bond acceptors (Lipinski definition) is 5. The van der Waals surface area contributed by atoms with Crippen molar-refractivity contribution in [3.63, 3.8) is 0 Å². The number of fused-ring (bicyclic) bond motifs is 1. The number of alkyl halides is 3. The molecule has 166 valence electrons. The van der Waals surface area contributed by atoms with Crippen LogP contribution >= 0.6 is 0 Å². The smallest absolute Gasteiger partial charge is 0.435 e. The highest BCUT2D eigenvalue weighted by Crippen LogP contribution is 2.42. The van der Waals surface area contributed by atoms with Gasteiger partial charge in [-0.1, -0.05) is 30.3 Å². The molecule has 2 heterocycles. The van der Waals surface area contributed by atoms with Gasteiger partial charge in [-0.3, -0.25) is 4.79 Å². The number of benzene rings is 2. The third-order valence-electron chi connectivity index (χ3n) is 4.92. The van der Waals surface area contributed by atoms with Crippen molar-refractivity contribution in [3.8, 4) is 39.6 Å². The summed E-state index contributed by atoms with van der Waals surface area (Å²) in [5, 5.41) is 3.57. The van der Waals surface area contributed by atoms with E-state index in [0.717, 1.165) is 6.07 Å². The second-order valence-corrected chi connectivity index (χ2v) is 6.78. The molecular formula is C22H18F3N3O4. The molecule has 0 saturated heterocycles. The molecule has 0 aliphatic heterocycles. The second kappa shape index (κ2) is 7.95. The van der Waals surface area contributed by atoms with E-state index >= 15 is 0 Å². The molecule has 0 spiro atoms. The van der Waals surface area contributed by atoms with E-state index in [1.807, 2.05) is 0 Å². The van der Waals surface area contributed by atoms with Crippen LogP contribution in [0.3, 0.4) is 0 Å². The maximum atomic E-state index is 13.8. The van der Waals surface area contributed by atoms with Crippen molar-refractivity contribution in [2.24, 2.45) is 0 Å². The fourth-order valence-corrected chi connectivity index (χ4v) is 3.51. The Morgan fingerprint density at radius 3 is 2.06 bits per heavy atom. The number of aromatic amines is 1. The molecule has 0 aliphatic carbocycles. The van der Waals surface area contributed by atoms with Crippen molar-refractivity contribution in [2.45, 2.75) is 6.18 Å². The number of nitrogens with one attached hydrogen (secondary N) is 1. The van der Waals surface area contributed by atoms with Gasteiger partial charge in [0.25, 0.3) is 5.56 Å². The van der Waals surface area contributed by atoms with Crippen molar-refractivity contribution in [3.05, 3.63) is 64.6 Å².